The minimum atomic E-state index is -3.08. The summed E-state index contributed by atoms with van der Waals surface area (Å²) in [5.74, 6) is 1.62. The Morgan fingerprint density at radius 2 is 1.88 bits per heavy atom. The summed E-state index contributed by atoms with van der Waals surface area (Å²) in [5, 5.41) is 3.14. The number of rotatable bonds is 6. The van der Waals surface area contributed by atoms with Crippen LogP contribution >= 0.6 is 11.8 Å². The standard InChI is InChI=1S/C12H19NO2S2/c1-10(8-13-2)9-16-11-4-6-12(7-5-11)17(3,14)15/h4-7,10,13H,8-9H2,1-3H3. The second kappa shape index (κ2) is 6.42. The summed E-state index contributed by atoms with van der Waals surface area (Å²) in [4.78, 5) is 1.49. The van der Waals surface area contributed by atoms with Gasteiger partial charge >= 0.3 is 0 Å². The average Bonchev–Trinajstić information content (AvgIpc) is 2.26. The molecule has 1 aromatic carbocycles. The quantitative estimate of drug-likeness (QED) is 0.806. The summed E-state index contributed by atoms with van der Waals surface area (Å²) >= 11 is 1.75. The molecule has 96 valence electrons. The lowest BCUT2D eigenvalue weighted by atomic mass is 10.2. The molecule has 1 atom stereocenters. The van der Waals surface area contributed by atoms with Gasteiger partial charge in [0, 0.05) is 16.9 Å². The van der Waals surface area contributed by atoms with Crippen LogP contribution in [0.4, 0.5) is 0 Å². The van der Waals surface area contributed by atoms with E-state index in [1.54, 1.807) is 23.9 Å². The Hall–Kier alpha value is -0.520. The van der Waals surface area contributed by atoms with Crippen LogP contribution in [0.15, 0.2) is 34.1 Å². The minimum Gasteiger partial charge on any atom is -0.319 e. The average molecular weight is 273 g/mol. The van der Waals surface area contributed by atoms with Crippen molar-refractivity contribution in [3.8, 4) is 0 Å². The molecule has 1 unspecified atom stereocenters. The molecule has 0 aliphatic heterocycles. The summed E-state index contributed by atoms with van der Waals surface area (Å²) in [5.41, 5.74) is 0. The maximum atomic E-state index is 11.3. The van der Waals surface area contributed by atoms with Gasteiger partial charge in [0.05, 0.1) is 4.90 Å². The molecule has 0 aliphatic rings. The highest BCUT2D eigenvalue weighted by Gasteiger charge is 2.07. The molecule has 17 heavy (non-hydrogen) atoms. The van der Waals surface area contributed by atoms with E-state index in [9.17, 15) is 8.42 Å². The van der Waals surface area contributed by atoms with Gasteiger partial charge in [0.1, 0.15) is 0 Å². The van der Waals surface area contributed by atoms with E-state index in [1.807, 2.05) is 19.2 Å². The lowest BCUT2D eigenvalue weighted by Crippen LogP contribution is -2.17. The molecular formula is C12H19NO2S2. The van der Waals surface area contributed by atoms with Crippen LogP contribution in [0.2, 0.25) is 0 Å². The first-order chi connectivity index (χ1) is 7.93. The zero-order chi connectivity index (χ0) is 12.9. The molecule has 0 amide bonds. The second-order valence-corrected chi connectivity index (χ2v) is 7.33. The van der Waals surface area contributed by atoms with E-state index in [4.69, 9.17) is 0 Å². The van der Waals surface area contributed by atoms with Gasteiger partial charge in [0.2, 0.25) is 0 Å². The van der Waals surface area contributed by atoms with E-state index in [0.717, 1.165) is 17.2 Å². The van der Waals surface area contributed by atoms with E-state index in [0.29, 0.717) is 10.8 Å². The smallest absolute Gasteiger partial charge is 0.175 e. The van der Waals surface area contributed by atoms with Gasteiger partial charge in [-0.3, -0.25) is 0 Å². The predicted molar refractivity (Wildman–Crippen MR) is 73.4 cm³/mol. The fourth-order valence-electron chi connectivity index (χ4n) is 1.43. The third-order valence-corrected chi connectivity index (χ3v) is 4.81. The fraction of sp³-hybridized carbons (Fsp3) is 0.500. The van der Waals surface area contributed by atoms with Gasteiger partial charge in [-0.2, -0.15) is 0 Å². The number of hydrogen-bond donors (Lipinski definition) is 1. The third-order valence-electron chi connectivity index (χ3n) is 2.34. The highest BCUT2D eigenvalue weighted by Crippen LogP contribution is 2.22. The van der Waals surface area contributed by atoms with E-state index >= 15 is 0 Å². The SMILES string of the molecule is CNCC(C)CSc1ccc(S(C)(=O)=O)cc1. The Labute approximate surface area is 108 Å². The molecule has 1 rings (SSSR count). The Kier molecular flexibility index (Phi) is 5.49. The van der Waals surface area contributed by atoms with E-state index in [2.05, 4.69) is 12.2 Å². The summed E-state index contributed by atoms with van der Waals surface area (Å²) in [6.45, 7) is 3.18. The van der Waals surface area contributed by atoms with Crippen LogP contribution in [-0.2, 0) is 9.84 Å². The van der Waals surface area contributed by atoms with E-state index in [-0.39, 0.29) is 0 Å². The van der Waals surface area contributed by atoms with Crippen molar-refractivity contribution in [2.24, 2.45) is 5.92 Å². The van der Waals surface area contributed by atoms with Crippen LogP contribution in [0.25, 0.3) is 0 Å². The number of hydrogen-bond acceptors (Lipinski definition) is 4. The van der Waals surface area contributed by atoms with Crippen molar-refractivity contribution >= 4 is 21.6 Å². The van der Waals surface area contributed by atoms with E-state index < -0.39 is 9.84 Å². The molecule has 5 heteroatoms. The van der Waals surface area contributed by atoms with Crippen molar-refractivity contribution in [1.29, 1.82) is 0 Å². The van der Waals surface area contributed by atoms with Crippen LogP contribution in [0, 0.1) is 5.92 Å². The monoisotopic (exact) mass is 273 g/mol. The highest BCUT2D eigenvalue weighted by atomic mass is 32.2. The molecule has 0 fully saturated rings. The zero-order valence-electron chi connectivity index (χ0n) is 10.4. The first-order valence-corrected chi connectivity index (χ1v) is 8.38. The summed E-state index contributed by atoms with van der Waals surface area (Å²) in [6, 6.07) is 7.07. The number of benzene rings is 1. The summed E-state index contributed by atoms with van der Waals surface area (Å²) in [7, 11) is -1.13. The van der Waals surface area contributed by atoms with Gasteiger partial charge < -0.3 is 5.32 Å². The normalized spacial score (nSPS) is 13.6. The number of nitrogens with one attached hydrogen (secondary N) is 1. The minimum absolute atomic E-state index is 0.380. The van der Waals surface area contributed by atoms with E-state index in [1.165, 1.54) is 6.26 Å². The van der Waals surface area contributed by atoms with Crippen LogP contribution in [0.5, 0.6) is 0 Å². The molecular weight excluding hydrogens is 254 g/mol. The van der Waals surface area contributed by atoms with Crippen LogP contribution in [0.1, 0.15) is 6.92 Å². The maximum Gasteiger partial charge on any atom is 0.175 e. The zero-order valence-corrected chi connectivity index (χ0v) is 12.1. The largest absolute Gasteiger partial charge is 0.319 e. The van der Waals surface area contributed by atoms with Crippen molar-refractivity contribution in [2.75, 3.05) is 25.6 Å². The van der Waals surface area contributed by atoms with Crippen LogP contribution in [0.3, 0.4) is 0 Å². The van der Waals surface area contributed by atoms with Crippen molar-refractivity contribution in [3.63, 3.8) is 0 Å². The summed E-state index contributed by atoms with van der Waals surface area (Å²) in [6.07, 6.45) is 1.23. The van der Waals surface area contributed by atoms with Crippen molar-refractivity contribution in [3.05, 3.63) is 24.3 Å². The topological polar surface area (TPSA) is 46.2 Å². The number of thioether (sulfide) groups is 1. The lowest BCUT2D eigenvalue weighted by molar-refractivity contribution is 0.601. The Bertz CT molecular complexity index is 440. The third kappa shape index (κ3) is 5.10. The molecule has 0 heterocycles. The van der Waals surface area contributed by atoms with Gasteiger partial charge in [-0.25, -0.2) is 8.42 Å². The first kappa shape index (κ1) is 14.5. The van der Waals surface area contributed by atoms with Gasteiger partial charge in [-0.05, 0) is 43.8 Å². The second-order valence-electron chi connectivity index (χ2n) is 4.22. The maximum absolute atomic E-state index is 11.3. The van der Waals surface area contributed by atoms with Gasteiger partial charge in [-0.15, -0.1) is 11.8 Å². The van der Waals surface area contributed by atoms with Crippen LogP contribution < -0.4 is 5.32 Å². The predicted octanol–water partition coefficient (Wildman–Crippen LogP) is 2.04. The highest BCUT2D eigenvalue weighted by molar-refractivity contribution is 7.99. The molecule has 0 bridgehead atoms. The van der Waals surface area contributed by atoms with Crippen molar-refractivity contribution in [1.82, 2.24) is 5.32 Å². The molecule has 1 aromatic rings. The molecule has 0 aliphatic carbocycles. The lowest BCUT2D eigenvalue weighted by Gasteiger charge is -2.10. The molecule has 3 nitrogen and oxygen atoms in total. The molecule has 1 N–H and O–H groups in total. The molecule has 0 aromatic heterocycles. The van der Waals surface area contributed by atoms with Crippen molar-refractivity contribution in [2.45, 2.75) is 16.7 Å². The fourth-order valence-corrected chi connectivity index (χ4v) is 2.98. The molecule has 0 saturated carbocycles. The molecule has 0 spiro atoms. The van der Waals surface area contributed by atoms with Gasteiger partial charge in [-0.1, -0.05) is 6.92 Å². The Morgan fingerprint density at radius 1 is 1.29 bits per heavy atom. The number of sulfone groups is 1. The summed E-state index contributed by atoms with van der Waals surface area (Å²) < 4.78 is 22.6. The van der Waals surface area contributed by atoms with Gasteiger partial charge in [0.25, 0.3) is 0 Å². The first-order valence-electron chi connectivity index (χ1n) is 5.51. The Morgan fingerprint density at radius 3 is 2.35 bits per heavy atom. The molecule has 0 radical (unpaired) electrons. The Balaban J connectivity index is 2.57. The van der Waals surface area contributed by atoms with Gasteiger partial charge in [0.15, 0.2) is 9.84 Å². The molecule has 0 saturated heterocycles. The van der Waals surface area contributed by atoms with Crippen molar-refractivity contribution < 1.29 is 8.42 Å². The van der Waals surface area contributed by atoms with Crippen LogP contribution in [-0.4, -0.2) is 34.0 Å².